The zero-order valence-corrected chi connectivity index (χ0v) is 18.6. The Hall–Kier alpha value is -3.17. The fourth-order valence-corrected chi connectivity index (χ4v) is 3.80. The molecule has 0 bridgehead atoms. The number of nitrogens with zero attached hydrogens (tertiary/aromatic N) is 4. The van der Waals surface area contributed by atoms with Gasteiger partial charge in [-0.15, -0.1) is 0 Å². The molecule has 7 nitrogen and oxygen atoms in total. The van der Waals surface area contributed by atoms with Crippen molar-refractivity contribution in [2.24, 2.45) is 15.0 Å². The van der Waals surface area contributed by atoms with E-state index in [-0.39, 0.29) is 11.6 Å². The number of rotatable bonds is 6. The molecule has 1 aliphatic rings. The lowest BCUT2D eigenvalue weighted by Gasteiger charge is -2.18. The van der Waals surface area contributed by atoms with Gasteiger partial charge in [0.1, 0.15) is 0 Å². The summed E-state index contributed by atoms with van der Waals surface area (Å²) in [4.78, 5) is 17.0. The molecule has 0 atom stereocenters. The minimum Gasteiger partial charge on any atom is -0.480 e. The summed E-state index contributed by atoms with van der Waals surface area (Å²) < 4.78 is 29.0. The van der Waals surface area contributed by atoms with Gasteiger partial charge < -0.3 is 14.2 Å². The summed E-state index contributed by atoms with van der Waals surface area (Å²) in [5, 5.41) is 0.441. The highest BCUT2D eigenvalue weighted by Gasteiger charge is 2.23. The largest absolute Gasteiger partial charge is 0.480 e. The number of benzene rings is 1. The second-order valence-electron chi connectivity index (χ2n) is 6.03. The molecule has 0 spiro atoms. The van der Waals surface area contributed by atoms with Crippen molar-refractivity contribution < 1.29 is 13.9 Å². The van der Waals surface area contributed by atoms with Crippen LogP contribution >= 0.6 is 23.5 Å². The van der Waals surface area contributed by atoms with Crippen molar-refractivity contribution in [1.82, 2.24) is 4.98 Å². The van der Waals surface area contributed by atoms with Crippen LogP contribution in [0.2, 0.25) is 5.02 Å². The highest BCUT2D eigenvalue weighted by atomic mass is 35.5. The van der Waals surface area contributed by atoms with Gasteiger partial charge in [-0.2, -0.15) is 4.99 Å². The molecule has 3 rings (SSSR count). The van der Waals surface area contributed by atoms with Gasteiger partial charge in [-0.1, -0.05) is 23.7 Å². The van der Waals surface area contributed by atoms with E-state index in [4.69, 9.17) is 21.1 Å². The van der Waals surface area contributed by atoms with Gasteiger partial charge in [0.2, 0.25) is 11.8 Å². The maximum absolute atomic E-state index is 15.4. The van der Waals surface area contributed by atoms with Crippen molar-refractivity contribution in [3.8, 4) is 5.88 Å². The van der Waals surface area contributed by atoms with Gasteiger partial charge in [-0.25, -0.2) is 9.37 Å². The lowest BCUT2D eigenvalue weighted by atomic mass is 9.99. The number of halogens is 2. The highest BCUT2D eigenvalue weighted by molar-refractivity contribution is 8.00. The van der Waals surface area contributed by atoms with E-state index < -0.39 is 5.82 Å². The van der Waals surface area contributed by atoms with Gasteiger partial charge in [0.25, 0.3) is 0 Å². The summed E-state index contributed by atoms with van der Waals surface area (Å²) in [6.07, 6.45) is 4.69. The average Bonchev–Trinajstić information content (AvgIpc) is 2.78. The molecule has 2 aromatic rings. The third-order valence-corrected chi connectivity index (χ3v) is 5.21. The van der Waals surface area contributed by atoms with E-state index in [1.54, 1.807) is 37.4 Å². The fourth-order valence-electron chi connectivity index (χ4n) is 2.79. The fraction of sp³-hybridized carbons (Fsp3) is 0.143. The summed E-state index contributed by atoms with van der Waals surface area (Å²) >= 11 is 7.14. The van der Waals surface area contributed by atoms with Crippen LogP contribution < -0.4 is 9.46 Å². The van der Waals surface area contributed by atoms with Crippen LogP contribution in [-0.2, 0) is 4.74 Å². The van der Waals surface area contributed by atoms with E-state index in [1.807, 2.05) is 0 Å². The molecule has 1 aromatic heterocycles. The maximum Gasteiger partial charge on any atom is 0.228 e. The zero-order valence-electron chi connectivity index (χ0n) is 17.0. The third kappa shape index (κ3) is 4.95. The van der Waals surface area contributed by atoms with Crippen molar-refractivity contribution in [3.63, 3.8) is 0 Å². The minimum absolute atomic E-state index is 0.242. The van der Waals surface area contributed by atoms with E-state index >= 15 is 4.39 Å². The summed E-state index contributed by atoms with van der Waals surface area (Å²) in [6, 6.07) is 6.66. The molecular formula is C21H19ClFN5O2S. The van der Waals surface area contributed by atoms with Crippen LogP contribution in [-0.4, -0.2) is 44.7 Å². The predicted octanol–water partition coefficient (Wildman–Crippen LogP) is 5.06. The normalized spacial score (nSPS) is 16.0. The number of nitrogens with one attached hydrogen (secondary N) is 1. The first-order chi connectivity index (χ1) is 15.0. The van der Waals surface area contributed by atoms with Crippen LogP contribution in [0.3, 0.4) is 0 Å². The molecule has 0 radical (unpaired) electrons. The molecular weight excluding hydrogens is 441 g/mol. The molecule has 0 aliphatic carbocycles. The molecule has 0 fully saturated rings. The van der Waals surface area contributed by atoms with Crippen LogP contribution in [0, 0.1) is 5.82 Å². The Morgan fingerprint density at radius 2 is 2.10 bits per heavy atom. The molecule has 1 aliphatic heterocycles. The Kier molecular flexibility index (Phi) is 7.43. The van der Waals surface area contributed by atoms with E-state index in [0.29, 0.717) is 38.3 Å². The highest BCUT2D eigenvalue weighted by Crippen LogP contribution is 2.34. The number of dihydropyridines is 1. The zero-order chi connectivity index (χ0) is 22.4. The van der Waals surface area contributed by atoms with Crippen LogP contribution in [0.25, 0.3) is 5.57 Å². The van der Waals surface area contributed by atoms with E-state index in [0.717, 1.165) is 11.9 Å². The molecule has 0 saturated carbocycles. The van der Waals surface area contributed by atoms with E-state index in [1.165, 1.54) is 26.6 Å². The van der Waals surface area contributed by atoms with Gasteiger partial charge in [-0.05, 0) is 36.9 Å². The SMILES string of the molecule is C=N/C=C1/C=C(c2cccc(NSc3cc(Cl)cnc3OC)c2F)C(OC)=NC1=NC. The Bertz CT molecular complexity index is 1130. The van der Waals surface area contributed by atoms with E-state index in [9.17, 15) is 0 Å². The summed E-state index contributed by atoms with van der Waals surface area (Å²) in [7, 11) is 4.57. The third-order valence-electron chi connectivity index (χ3n) is 4.17. The Morgan fingerprint density at radius 1 is 1.29 bits per heavy atom. The molecule has 160 valence electrons. The Morgan fingerprint density at radius 3 is 2.77 bits per heavy atom. The number of amidine groups is 1. The number of hydrogen-bond acceptors (Lipinski definition) is 7. The van der Waals surface area contributed by atoms with Crippen molar-refractivity contribution in [2.45, 2.75) is 4.90 Å². The molecule has 1 aromatic carbocycles. The number of anilines is 1. The summed E-state index contributed by atoms with van der Waals surface area (Å²) in [6.45, 7) is 3.46. The van der Waals surface area contributed by atoms with Crippen molar-refractivity contribution in [3.05, 3.63) is 64.7 Å². The minimum atomic E-state index is -0.484. The standard InChI is InChI=1S/C21H19ClFN5O2S/c1-24-10-12-8-15(20(29-3)27-19(12)25-2)14-6-5-7-16(18(14)23)28-31-17-9-13(22)11-26-21(17)30-4/h5-11,28H,1H2,2-4H3/b12-10-,25-19?. The number of hydrogen-bond donors (Lipinski definition) is 1. The van der Waals surface area contributed by atoms with Crippen LogP contribution in [0.1, 0.15) is 5.56 Å². The average molecular weight is 460 g/mol. The Balaban J connectivity index is 1.97. The monoisotopic (exact) mass is 459 g/mol. The molecule has 1 N–H and O–H groups in total. The van der Waals surface area contributed by atoms with Crippen LogP contribution in [0.4, 0.5) is 10.1 Å². The van der Waals surface area contributed by atoms with Gasteiger partial charge in [0.15, 0.2) is 11.7 Å². The van der Waals surface area contributed by atoms with E-state index in [2.05, 4.69) is 31.4 Å². The lowest BCUT2D eigenvalue weighted by molar-refractivity contribution is 0.387. The predicted molar refractivity (Wildman–Crippen MR) is 125 cm³/mol. The smallest absolute Gasteiger partial charge is 0.228 e. The molecule has 31 heavy (non-hydrogen) atoms. The van der Waals surface area contributed by atoms with Gasteiger partial charge in [0, 0.05) is 36.2 Å². The number of aliphatic imine (C=N–C) groups is 3. The van der Waals surface area contributed by atoms with Crippen molar-refractivity contribution in [2.75, 3.05) is 26.0 Å². The van der Waals surface area contributed by atoms with Gasteiger partial charge in [-0.3, -0.25) is 9.98 Å². The molecule has 0 saturated heterocycles. The van der Waals surface area contributed by atoms with Crippen LogP contribution in [0.15, 0.2) is 68.2 Å². The number of methoxy groups -OCH3 is 2. The van der Waals surface area contributed by atoms with Crippen molar-refractivity contribution >= 4 is 53.3 Å². The second kappa shape index (κ2) is 10.2. The lowest BCUT2D eigenvalue weighted by Crippen LogP contribution is -2.16. The van der Waals surface area contributed by atoms with Gasteiger partial charge in [0.05, 0.1) is 29.8 Å². The quantitative estimate of drug-likeness (QED) is 0.482. The molecule has 0 unspecified atom stereocenters. The number of pyridine rings is 1. The number of aromatic nitrogens is 1. The first-order valence-corrected chi connectivity index (χ1v) is 10.1. The second-order valence-corrected chi connectivity index (χ2v) is 7.31. The summed E-state index contributed by atoms with van der Waals surface area (Å²) in [5.74, 6) is 0.549. The molecule has 0 amide bonds. The van der Waals surface area contributed by atoms with Crippen LogP contribution in [0.5, 0.6) is 5.88 Å². The maximum atomic E-state index is 15.4. The van der Waals surface area contributed by atoms with Crippen molar-refractivity contribution in [1.29, 1.82) is 0 Å². The topological polar surface area (TPSA) is 80.5 Å². The summed E-state index contributed by atoms with van der Waals surface area (Å²) in [5.41, 5.74) is 1.60. The van der Waals surface area contributed by atoms with Gasteiger partial charge >= 0.3 is 0 Å². The first-order valence-electron chi connectivity index (χ1n) is 8.91. The molecule has 10 heteroatoms. The Labute approximate surface area is 188 Å². The molecule has 2 heterocycles. The first kappa shape index (κ1) is 22.5. The number of ether oxygens (including phenoxy) is 2.